The molecule has 0 amide bonds. The molecule has 0 aliphatic heterocycles. The summed E-state index contributed by atoms with van der Waals surface area (Å²) in [5.41, 5.74) is 5.60. The molecule has 0 unspecified atom stereocenters. The Bertz CT molecular complexity index is 420. The summed E-state index contributed by atoms with van der Waals surface area (Å²) >= 11 is 0. The molecule has 0 bridgehead atoms. The first-order valence-corrected chi connectivity index (χ1v) is 6.39. The van der Waals surface area contributed by atoms with Gasteiger partial charge >= 0.3 is 0 Å². The van der Waals surface area contributed by atoms with Gasteiger partial charge in [0.25, 0.3) is 0 Å². The van der Waals surface area contributed by atoms with Crippen molar-refractivity contribution in [2.45, 2.75) is 32.6 Å². The highest BCUT2D eigenvalue weighted by atomic mass is 19.1. The molecule has 1 rings (SSSR count). The molecule has 1 aromatic rings. The Morgan fingerprint density at radius 1 is 1.28 bits per heavy atom. The monoisotopic (exact) mass is 249 g/mol. The van der Waals surface area contributed by atoms with E-state index in [-0.39, 0.29) is 12.4 Å². The number of nitrogens with two attached hydrogens (primary N) is 1. The normalized spacial score (nSPS) is 9.72. The van der Waals surface area contributed by atoms with E-state index in [2.05, 4.69) is 18.8 Å². The number of halogens is 1. The highest BCUT2D eigenvalue weighted by molar-refractivity contribution is 5.39. The lowest BCUT2D eigenvalue weighted by atomic mass is 10.2. The van der Waals surface area contributed by atoms with E-state index in [0.717, 1.165) is 12.8 Å². The Labute approximate surface area is 108 Å². The van der Waals surface area contributed by atoms with E-state index in [0.29, 0.717) is 17.9 Å². The number of hydrogen-bond acceptors (Lipinski definition) is 2. The number of rotatable bonds is 6. The van der Waals surface area contributed by atoms with Gasteiger partial charge in [0.15, 0.2) is 0 Å². The van der Waals surface area contributed by atoms with Gasteiger partial charge in [0.05, 0.1) is 18.7 Å². The highest BCUT2D eigenvalue weighted by Gasteiger charge is 2.01. The van der Waals surface area contributed by atoms with Crippen LogP contribution < -0.4 is 10.5 Å². The third-order valence-corrected chi connectivity index (χ3v) is 2.53. The molecule has 0 saturated carbocycles. The van der Waals surface area contributed by atoms with Gasteiger partial charge < -0.3 is 10.5 Å². The molecule has 0 fully saturated rings. The van der Waals surface area contributed by atoms with Gasteiger partial charge in [-0.2, -0.15) is 0 Å². The van der Waals surface area contributed by atoms with Crippen LogP contribution in [0.25, 0.3) is 0 Å². The van der Waals surface area contributed by atoms with E-state index in [1.54, 1.807) is 12.1 Å². The zero-order valence-electron chi connectivity index (χ0n) is 10.8. The first-order valence-electron chi connectivity index (χ1n) is 6.39. The van der Waals surface area contributed by atoms with Crippen molar-refractivity contribution in [2.75, 3.05) is 13.2 Å². The molecule has 18 heavy (non-hydrogen) atoms. The van der Waals surface area contributed by atoms with Crippen LogP contribution >= 0.6 is 0 Å². The minimum absolute atomic E-state index is 0.231. The minimum atomic E-state index is -0.359. The van der Waals surface area contributed by atoms with Crippen molar-refractivity contribution in [3.05, 3.63) is 29.6 Å². The third-order valence-electron chi connectivity index (χ3n) is 2.53. The Balaban J connectivity index is 2.46. The molecule has 0 saturated heterocycles. The Kier molecular flexibility index (Phi) is 6.90. The van der Waals surface area contributed by atoms with E-state index in [9.17, 15) is 4.39 Å². The fraction of sp³-hybridized carbons (Fsp3) is 0.467. The fourth-order valence-corrected chi connectivity index (χ4v) is 1.55. The third kappa shape index (κ3) is 5.20. The van der Waals surface area contributed by atoms with Crippen molar-refractivity contribution in [3.63, 3.8) is 0 Å². The molecular formula is C15H20FNO. The van der Waals surface area contributed by atoms with Crippen molar-refractivity contribution >= 4 is 0 Å². The lowest BCUT2D eigenvalue weighted by Gasteiger charge is -2.06. The standard InChI is InChI=1S/C15H20FNO/c1-2-3-4-5-11-18-14-9-8-13(7-6-10-17)15(16)12-14/h8-9,12H,2-5,10-11,17H2,1H3. The van der Waals surface area contributed by atoms with Gasteiger partial charge in [-0.15, -0.1) is 0 Å². The molecule has 2 N–H and O–H groups in total. The van der Waals surface area contributed by atoms with E-state index in [1.807, 2.05) is 0 Å². The van der Waals surface area contributed by atoms with Crippen LogP contribution in [0.2, 0.25) is 0 Å². The Morgan fingerprint density at radius 3 is 2.78 bits per heavy atom. The molecule has 0 heterocycles. The maximum atomic E-state index is 13.6. The summed E-state index contributed by atoms with van der Waals surface area (Å²) in [5.74, 6) is 5.50. The van der Waals surface area contributed by atoms with E-state index in [4.69, 9.17) is 10.5 Å². The predicted octanol–water partition coefficient (Wildman–Crippen LogP) is 3.10. The molecule has 0 aliphatic carbocycles. The van der Waals surface area contributed by atoms with Gasteiger partial charge in [0, 0.05) is 6.07 Å². The molecule has 0 spiro atoms. The fourth-order valence-electron chi connectivity index (χ4n) is 1.55. The number of unbranched alkanes of at least 4 members (excludes halogenated alkanes) is 3. The zero-order valence-corrected chi connectivity index (χ0v) is 10.8. The van der Waals surface area contributed by atoms with Crippen molar-refractivity contribution in [1.29, 1.82) is 0 Å². The van der Waals surface area contributed by atoms with Crippen LogP contribution in [0.15, 0.2) is 18.2 Å². The molecule has 2 nitrogen and oxygen atoms in total. The highest BCUT2D eigenvalue weighted by Crippen LogP contribution is 2.16. The van der Waals surface area contributed by atoms with Crippen molar-refractivity contribution in [1.82, 2.24) is 0 Å². The topological polar surface area (TPSA) is 35.2 Å². The van der Waals surface area contributed by atoms with Gasteiger partial charge in [-0.3, -0.25) is 0 Å². The first-order chi connectivity index (χ1) is 8.77. The van der Waals surface area contributed by atoms with Crippen LogP contribution in [0.3, 0.4) is 0 Å². The van der Waals surface area contributed by atoms with Gasteiger partial charge in [-0.25, -0.2) is 4.39 Å². The number of hydrogen-bond donors (Lipinski definition) is 1. The molecule has 1 aromatic carbocycles. The average Bonchev–Trinajstić information content (AvgIpc) is 2.37. The van der Waals surface area contributed by atoms with Gasteiger partial charge in [0.2, 0.25) is 0 Å². The van der Waals surface area contributed by atoms with Gasteiger partial charge in [-0.05, 0) is 18.6 Å². The quantitative estimate of drug-likeness (QED) is 0.621. The number of benzene rings is 1. The molecule has 0 aromatic heterocycles. The predicted molar refractivity (Wildman–Crippen MR) is 72.0 cm³/mol. The summed E-state index contributed by atoms with van der Waals surface area (Å²) in [4.78, 5) is 0. The largest absolute Gasteiger partial charge is 0.493 e. The second kappa shape index (κ2) is 8.54. The molecule has 0 radical (unpaired) electrons. The van der Waals surface area contributed by atoms with E-state index in [1.165, 1.54) is 18.9 Å². The van der Waals surface area contributed by atoms with Crippen LogP contribution in [0.1, 0.15) is 38.2 Å². The second-order valence-electron chi connectivity index (χ2n) is 4.06. The lowest BCUT2D eigenvalue weighted by molar-refractivity contribution is 0.303. The van der Waals surface area contributed by atoms with E-state index >= 15 is 0 Å². The molecule has 3 heteroatoms. The molecule has 98 valence electrons. The van der Waals surface area contributed by atoms with E-state index < -0.39 is 0 Å². The van der Waals surface area contributed by atoms with Gasteiger partial charge in [-0.1, -0.05) is 38.0 Å². The van der Waals surface area contributed by atoms with Crippen LogP contribution in [0.4, 0.5) is 4.39 Å². The summed E-state index contributed by atoms with van der Waals surface area (Å²) in [5, 5.41) is 0. The Hall–Kier alpha value is -1.53. The van der Waals surface area contributed by atoms with Crippen LogP contribution in [0.5, 0.6) is 5.75 Å². The van der Waals surface area contributed by atoms with Crippen LogP contribution in [0, 0.1) is 17.7 Å². The summed E-state index contributed by atoms with van der Waals surface area (Å²) in [6, 6.07) is 4.74. The van der Waals surface area contributed by atoms with Gasteiger partial charge in [0.1, 0.15) is 11.6 Å². The molecule has 0 aliphatic rings. The smallest absolute Gasteiger partial charge is 0.142 e. The summed E-state index contributed by atoms with van der Waals surface area (Å²) < 4.78 is 19.1. The Morgan fingerprint density at radius 2 is 2.11 bits per heavy atom. The average molecular weight is 249 g/mol. The zero-order chi connectivity index (χ0) is 13.2. The SMILES string of the molecule is CCCCCCOc1ccc(C#CCN)c(F)c1. The lowest BCUT2D eigenvalue weighted by Crippen LogP contribution is -1.98. The first kappa shape index (κ1) is 14.5. The van der Waals surface area contributed by atoms with Crippen molar-refractivity contribution < 1.29 is 9.13 Å². The van der Waals surface area contributed by atoms with Crippen molar-refractivity contribution in [2.24, 2.45) is 5.73 Å². The van der Waals surface area contributed by atoms with Crippen LogP contribution in [-0.4, -0.2) is 13.2 Å². The minimum Gasteiger partial charge on any atom is -0.493 e. The molecule has 0 atom stereocenters. The maximum Gasteiger partial charge on any atom is 0.142 e. The summed E-state index contributed by atoms with van der Waals surface area (Å²) in [6.45, 7) is 3.03. The summed E-state index contributed by atoms with van der Waals surface area (Å²) in [6.07, 6.45) is 4.57. The maximum absolute atomic E-state index is 13.6. The van der Waals surface area contributed by atoms with Crippen LogP contribution in [-0.2, 0) is 0 Å². The second-order valence-corrected chi connectivity index (χ2v) is 4.06. The summed E-state index contributed by atoms with van der Waals surface area (Å²) in [7, 11) is 0. The number of ether oxygens (including phenoxy) is 1. The van der Waals surface area contributed by atoms with Crippen molar-refractivity contribution in [3.8, 4) is 17.6 Å². The molecular weight excluding hydrogens is 229 g/mol.